The Morgan fingerprint density at radius 1 is 1.31 bits per heavy atom. The number of carbonyl (C=O) groups excluding carboxylic acids is 1. The van der Waals surface area contributed by atoms with Gasteiger partial charge in [-0.25, -0.2) is 5.43 Å². The average molecular weight is 594 g/mol. The quantitative estimate of drug-likeness (QED) is 0.209. The molecule has 0 aliphatic carbocycles. The zero-order chi connectivity index (χ0) is 19.1. The third-order valence-corrected chi connectivity index (χ3v) is 5.23. The second kappa shape index (κ2) is 10.1. The molecule has 5 nitrogen and oxygen atoms in total. The summed E-state index contributed by atoms with van der Waals surface area (Å²) in [7, 11) is 1.56. The number of hydrogen-bond donors (Lipinski definition) is 1. The summed E-state index contributed by atoms with van der Waals surface area (Å²) in [5.41, 5.74) is 3.76. The van der Waals surface area contributed by atoms with Crippen LogP contribution in [0.3, 0.4) is 0 Å². The molecule has 26 heavy (non-hydrogen) atoms. The Bertz CT molecular complexity index is 833. The van der Waals surface area contributed by atoms with Gasteiger partial charge in [0.25, 0.3) is 5.91 Å². The number of halogens is 3. The molecular weight excluding hydrogens is 579 g/mol. The van der Waals surface area contributed by atoms with Crippen molar-refractivity contribution in [3.63, 3.8) is 0 Å². The van der Waals surface area contributed by atoms with E-state index in [0.717, 1.165) is 18.1 Å². The number of benzene rings is 2. The molecular formula is C18H15Br2IN2O3. The van der Waals surface area contributed by atoms with Gasteiger partial charge in [0, 0.05) is 5.56 Å². The highest BCUT2D eigenvalue weighted by Gasteiger charge is 2.09. The van der Waals surface area contributed by atoms with Gasteiger partial charge in [0.05, 0.1) is 25.8 Å². The number of hydrogen-bond acceptors (Lipinski definition) is 4. The lowest BCUT2D eigenvalue weighted by Crippen LogP contribution is -2.17. The molecule has 0 radical (unpaired) electrons. The highest BCUT2D eigenvalue weighted by atomic mass is 127. The summed E-state index contributed by atoms with van der Waals surface area (Å²) < 4.78 is 13.3. The van der Waals surface area contributed by atoms with Crippen LogP contribution < -0.4 is 14.9 Å². The summed E-state index contributed by atoms with van der Waals surface area (Å²) in [6, 6.07) is 8.88. The lowest BCUT2D eigenvalue weighted by molar-refractivity contribution is 0.0954. The number of carbonyl (C=O) groups is 1. The van der Waals surface area contributed by atoms with Crippen LogP contribution in [0.4, 0.5) is 0 Å². The first-order valence-corrected chi connectivity index (χ1v) is 10.0. The van der Waals surface area contributed by atoms with Crippen molar-refractivity contribution in [2.75, 3.05) is 13.7 Å². The number of hydrazone groups is 1. The number of ether oxygens (including phenoxy) is 2. The van der Waals surface area contributed by atoms with Gasteiger partial charge < -0.3 is 9.47 Å². The largest absolute Gasteiger partial charge is 0.496 e. The van der Waals surface area contributed by atoms with Crippen molar-refractivity contribution in [3.05, 3.63) is 66.6 Å². The first kappa shape index (κ1) is 20.9. The van der Waals surface area contributed by atoms with Crippen LogP contribution in [0.15, 0.2) is 57.0 Å². The molecule has 2 aromatic rings. The van der Waals surface area contributed by atoms with E-state index in [2.05, 4.69) is 71.6 Å². The van der Waals surface area contributed by atoms with Crippen molar-refractivity contribution in [2.45, 2.75) is 0 Å². The average Bonchev–Trinajstić information content (AvgIpc) is 2.61. The van der Waals surface area contributed by atoms with Crippen LogP contribution in [0.1, 0.15) is 15.9 Å². The van der Waals surface area contributed by atoms with Gasteiger partial charge in [-0.3, -0.25) is 4.79 Å². The molecule has 0 aliphatic rings. The molecule has 0 atom stereocenters. The van der Waals surface area contributed by atoms with E-state index in [1.165, 1.54) is 0 Å². The monoisotopic (exact) mass is 592 g/mol. The SMILES string of the molecule is C=CCOc1c(Br)cc(/C=N/NC(=O)c2ccc(I)c(OC)c2)cc1Br. The molecule has 0 heterocycles. The third-order valence-electron chi connectivity index (χ3n) is 3.16. The normalized spacial score (nSPS) is 10.6. The molecule has 1 N–H and O–H groups in total. The molecule has 0 aliphatic heterocycles. The Labute approximate surface area is 182 Å². The van der Waals surface area contributed by atoms with Crippen LogP contribution in [0.2, 0.25) is 0 Å². The zero-order valence-electron chi connectivity index (χ0n) is 13.8. The van der Waals surface area contributed by atoms with Gasteiger partial charge in [-0.15, -0.1) is 0 Å². The van der Waals surface area contributed by atoms with E-state index in [1.807, 2.05) is 18.2 Å². The molecule has 0 bridgehead atoms. The van der Waals surface area contributed by atoms with Crippen LogP contribution >= 0.6 is 54.5 Å². The first-order valence-electron chi connectivity index (χ1n) is 7.36. The van der Waals surface area contributed by atoms with Crippen molar-refractivity contribution in [1.29, 1.82) is 0 Å². The number of methoxy groups -OCH3 is 1. The number of rotatable bonds is 7. The van der Waals surface area contributed by atoms with Gasteiger partial charge in [-0.05, 0) is 90.3 Å². The highest BCUT2D eigenvalue weighted by molar-refractivity contribution is 14.1. The van der Waals surface area contributed by atoms with E-state index in [9.17, 15) is 4.79 Å². The molecule has 8 heteroatoms. The number of nitrogens with zero attached hydrogens (tertiary/aromatic N) is 1. The van der Waals surface area contributed by atoms with Gasteiger partial charge in [0.1, 0.15) is 18.1 Å². The summed E-state index contributed by atoms with van der Waals surface area (Å²) in [5.74, 6) is 1.00. The van der Waals surface area contributed by atoms with Crippen molar-refractivity contribution >= 4 is 66.6 Å². The lowest BCUT2D eigenvalue weighted by Gasteiger charge is -2.09. The topological polar surface area (TPSA) is 59.9 Å². The van der Waals surface area contributed by atoms with Crippen LogP contribution in [0.25, 0.3) is 0 Å². The number of nitrogens with one attached hydrogen (secondary N) is 1. The molecule has 0 saturated heterocycles. The minimum absolute atomic E-state index is 0.319. The highest BCUT2D eigenvalue weighted by Crippen LogP contribution is 2.34. The molecule has 0 unspecified atom stereocenters. The van der Waals surface area contributed by atoms with Crippen molar-refractivity contribution in [2.24, 2.45) is 5.10 Å². The number of amides is 1. The summed E-state index contributed by atoms with van der Waals surface area (Å²) in [5, 5.41) is 4.00. The Balaban J connectivity index is 2.08. The van der Waals surface area contributed by atoms with E-state index >= 15 is 0 Å². The fourth-order valence-corrected chi connectivity index (χ4v) is 3.97. The maximum absolute atomic E-state index is 12.2. The zero-order valence-corrected chi connectivity index (χ0v) is 19.1. The Morgan fingerprint density at radius 3 is 2.62 bits per heavy atom. The van der Waals surface area contributed by atoms with E-state index in [1.54, 1.807) is 31.5 Å². The molecule has 1 amide bonds. The molecule has 136 valence electrons. The van der Waals surface area contributed by atoms with Gasteiger partial charge in [0.2, 0.25) is 0 Å². The third kappa shape index (κ3) is 5.55. The summed E-state index contributed by atoms with van der Waals surface area (Å²) >= 11 is 9.05. The maximum atomic E-state index is 12.2. The smallest absolute Gasteiger partial charge is 0.271 e. The van der Waals surface area contributed by atoms with Crippen LogP contribution in [-0.2, 0) is 0 Å². The Kier molecular flexibility index (Phi) is 8.11. The predicted octanol–water partition coefficient (Wildman–Crippen LogP) is 5.15. The second-order valence-corrected chi connectivity index (χ2v) is 7.83. The van der Waals surface area contributed by atoms with Crippen molar-refractivity contribution in [1.82, 2.24) is 5.43 Å². The minimum Gasteiger partial charge on any atom is -0.496 e. The van der Waals surface area contributed by atoms with Gasteiger partial charge in [-0.1, -0.05) is 12.7 Å². The van der Waals surface area contributed by atoms with Gasteiger partial charge in [0.15, 0.2) is 0 Å². The van der Waals surface area contributed by atoms with Crippen LogP contribution in [0.5, 0.6) is 11.5 Å². The molecule has 2 aromatic carbocycles. The van der Waals surface area contributed by atoms with E-state index in [4.69, 9.17) is 9.47 Å². The first-order chi connectivity index (χ1) is 12.5. The van der Waals surface area contributed by atoms with Crippen LogP contribution in [-0.4, -0.2) is 25.8 Å². The second-order valence-electron chi connectivity index (χ2n) is 4.96. The molecule has 2 rings (SSSR count). The molecule has 0 aromatic heterocycles. The molecule has 0 fully saturated rings. The van der Waals surface area contributed by atoms with Crippen LogP contribution in [0, 0.1) is 3.57 Å². The van der Waals surface area contributed by atoms with Gasteiger partial charge >= 0.3 is 0 Å². The Morgan fingerprint density at radius 2 is 2.00 bits per heavy atom. The fourth-order valence-electron chi connectivity index (χ4n) is 1.97. The predicted molar refractivity (Wildman–Crippen MR) is 118 cm³/mol. The van der Waals surface area contributed by atoms with Crippen molar-refractivity contribution < 1.29 is 14.3 Å². The fraction of sp³-hybridized carbons (Fsp3) is 0.111. The van der Waals surface area contributed by atoms with Gasteiger partial charge in [-0.2, -0.15) is 5.10 Å². The molecule has 0 spiro atoms. The van der Waals surface area contributed by atoms with E-state index < -0.39 is 0 Å². The van der Waals surface area contributed by atoms with E-state index in [-0.39, 0.29) is 5.91 Å². The van der Waals surface area contributed by atoms with E-state index in [0.29, 0.717) is 23.7 Å². The molecule has 0 saturated carbocycles. The van der Waals surface area contributed by atoms with Crippen molar-refractivity contribution in [3.8, 4) is 11.5 Å². The minimum atomic E-state index is -0.319. The summed E-state index contributed by atoms with van der Waals surface area (Å²) in [6.45, 7) is 4.03. The standard InChI is InChI=1S/C18H15Br2IN2O3/c1-3-6-26-17-13(19)7-11(8-14(17)20)10-22-23-18(24)12-4-5-15(21)16(9-12)25-2/h3-5,7-10H,1,6H2,2H3,(H,23,24)/b22-10+. The summed E-state index contributed by atoms with van der Waals surface area (Å²) in [4.78, 5) is 12.2. The lowest BCUT2D eigenvalue weighted by atomic mass is 10.2. The Hall–Kier alpha value is -1.39. The summed E-state index contributed by atoms with van der Waals surface area (Å²) in [6.07, 6.45) is 3.22. The maximum Gasteiger partial charge on any atom is 0.271 e.